The van der Waals surface area contributed by atoms with Crippen molar-refractivity contribution in [3.8, 4) is 5.75 Å². The van der Waals surface area contributed by atoms with Crippen LogP contribution in [0.3, 0.4) is 0 Å². The molecule has 0 aliphatic carbocycles. The number of carbonyl (C=O) groups is 1. The van der Waals surface area contributed by atoms with E-state index in [0.717, 1.165) is 25.9 Å². The van der Waals surface area contributed by atoms with Crippen LogP contribution in [0, 0.1) is 0 Å². The largest absolute Gasteiger partial charge is 0.495 e. The van der Waals surface area contributed by atoms with E-state index < -0.39 is 26.0 Å². The molecule has 0 atom stereocenters. The van der Waals surface area contributed by atoms with Crippen LogP contribution in [0.25, 0.3) is 0 Å². The second-order valence-corrected chi connectivity index (χ2v) is 11.6. The molecule has 0 saturated carbocycles. The maximum absolute atomic E-state index is 13.0. The summed E-state index contributed by atoms with van der Waals surface area (Å²) < 4.78 is 58.9. The molecule has 0 unspecified atom stereocenters. The van der Waals surface area contributed by atoms with E-state index in [1.54, 1.807) is 0 Å². The van der Waals surface area contributed by atoms with E-state index in [1.807, 2.05) is 13.8 Å². The highest BCUT2D eigenvalue weighted by atomic mass is 32.2. The molecule has 1 aromatic carbocycles. The Labute approximate surface area is 172 Å². The molecule has 0 radical (unpaired) electrons. The third kappa shape index (κ3) is 4.42. The molecule has 2 heterocycles. The van der Waals surface area contributed by atoms with Gasteiger partial charge in [0.15, 0.2) is 0 Å². The number of anilines is 1. The van der Waals surface area contributed by atoms with Gasteiger partial charge in [-0.1, -0.05) is 0 Å². The predicted molar refractivity (Wildman–Crippen MR) is 109 cm³/mol. The minimum atomic E-state index is -4.01. The van der Waals surface area contributed by atoms with Crippen molar-refractivity contribution in [2.45, 2.75) is 43.5 Å². The van der Waals surface area contributed by atoms with Gasteiger partial charge >= 0.3 is 0 Å². The molecular weight excluding hydrogens is 418 g/mol. The van der Waals surface area contributed by atoms with Crippen molar-refractivity contribution in [3.63, 3.8) is 0 Å². The summed E-state index contributed by atoms with van der Waals surface area (Å²) in [6, 6.07) is 3.90. The Morgan fingerprint density at radius 3 is 2.41 bits per heavy atom. The number of nitrogens with zero attached hydrogens (tertiary/aromatic N) is 2. The Hall–Kier alpha value is -1.69. The number of likely N-dealkylation sites (tertiary alicyclic amines) is 1. The predicted octanol–water partition coefficient (Wildman–Crippen LogP) is 0.914. The number of sulfonamides is 2. The van der Waals surface area contributed by atoms with Crippen molar-refractivity contribution in [3.05, 3.63) is 18.2 Å². The number of hydrogen-bond donors (Lipinski definition) is 1. The van der Waals surface area contributed by atoms with Gasteiger partial charge < -0.3 is 4.74 Å². The fourth-order valence-corrected chi connectivity index (χ4v) is 6.50. The van der Waals surface area contributed by atoms with E-state index in [0.29, 0.717) is 4.31 Å². The summed E-state index contributed by atoms with van der Waals surface area (Å²) >= 11 is 0. The van der Waals surface area contributed by atoms with Crippen molar-refractivity contribution in [1.82, 2.24) is 9.62 Å². The highest BCUT2D eigenvalue weighted by Gasteiger charge is 2.37. The Bertz CT molecular complexity index is 998. The summed E-state index contributed by atoms with van der Waals surface area (Å²) in [6.07, 6.45) is 2.05. The van der Waals surface area contributed by atoms with Gasteiger partial charge in [0.25, 0.3) is 0 Å². The molecule has 0 aromatic heterocycles. The average molecular weight is 446 g/mol. The molecule has 1 amide bonds. The topological polar surface area (TPSA) is 113 Å². The van der Waals surface area contributed by atoms with Crippen molar-refractivity contribution in [1.29, 1.82) is 0 Å². The summed E-state index contributed by atoms with van der Waals surface area (Å²) in [6.45, 7) is 5.97. The monoisotopic (exact) mass is 445 g/mol. The number of ether oxygens (including phenoxy) is 1. The molecule has 162 valence electrons. The summed E-state index contributed by atoms with van der Waals surface area (Å²) in [5, 5.41) is 0. The van der Waals surface area contributed by atoms with Crippen LogP contribution < -0.4 is 13.8 Å². The van der Waals surface area contributed by atoms with Crippen molar-refractivity contribution in [2.75, 3.05) is 36.8 Å². The van der Waals surface area contributed by atoms with Gasteiger partial charge in [-0.3, -0.25) is 9.69 Å². The van der Waals surface area contributed by atoms with Gasteiger partial charge in [-0.25, -0.2) is 25.9 Å². The normalized spacial score (nSPS) is 20.4. The highest BCUT2D eigenvalue weighted by Crippen LogP contribution is 2.32. The molecule has 29 heavy (non-hydrogen) atoms. The second-order valence-electron chi connectivity index (χ2n) is 7.89. The summed E-state index contributed by atoms with van der Waals surface area (Å²) in [7, 11) is -6.47. The van der Waals surface area contributed by atoms with Gasteiger partial charge in [-0.05, 0) is 58.0 Å². The summed E-state index contributed by atoms with van der Waals surface area (Å²) in [5.74, 6) is -0.798. The minimum absolute atomic E-state index is 0.00696. The molecule has 0 spiro atoms. The van der Waals surface area contributed by atoms with Crippen LogP contribution >= 0.6 is 0 Å². The lowest BCUT2D eigenvalue weighted by Gasteiger charge is -2.35. The molecule has 11 heteroatoms. The third-order valence-corrected chi connectivity index (χ3v) is 8.52. The van der Waals surface area contributed by atoms with Crippen LogP contribution in [0.1, 0.15) is 33.1 Å². The van der Waals surface area contributed by atoms with Crippen LogP contribution in [-0.2, 0) is 24.8 Å². The lowest BCUT2D eigenvalue weighted by Crippen LogP contribution is -2.50. The molecule has 3 rings (SSSR count). The molecule has 1 aromatic rings. The number of rotatable bonds is 7. The second kappa shape index (κ2) is 7.86. The van der Waals surface area contributed by atoms with Crippen molar-refractivity contribution in [2.24, 2.45) is 0 Å². The third-order valence-electron chi connectivity index (χ3n) is 5.41. The van der Waals surface area contributed by atoms with E-state index in [9.17, 15) is 21.6 Å². The minimum Gasteiger partial charge on any atom is -0.495 e. The number of nitrogens with one attached hydrogen (secondary N) is 1. The van der Waals surface area contributed by atoms with Crippen LogP contribution in [0.15, 0.2) is 23.1 Å². The quantitative estimate of drug-likeness (QED) is 0.664. The fraction of sp³-hybridized carbons (Fsp3) is 0.611. The zero-order valence-corrected chi connectivity index (χ0v) is 18.5. The first kappa shape index (κ1) is 22.0. The molecule has 9 nitrogen and oxygen atoms in total. The van der Waals surface area contributed by atoms with Gasteiger partial charge in [0.2, 0.25) is 26.0 Å². The van der Waals surface area contributed by atoms with Crippen LogP contribution in [0.2, 0.25) is 0 Å². The van der Waals surface area contributed by atoms with E-state index in [2.05, 4.69) is 9.62 Å². The van der Waals surface area contributed by atoms with Crippen LogP contribution in [-0.4, -0.2) is 65.7 Å². The Morgan fingerprint density at radius 2 is 1.86 bits per heavy atom. The zero-order valence-electron chi connectivity index (χ0n) is 16.8. The first-order chi connectivity index (χ1) is 13.5. The first-order valence-corrected chi connectivity index (χ1v) is 12.6. The SMILES string of the molecule is COc1ccc(N2C(=O)CCS2(=O)=O)cc1S(=O)(=O)NCC(C)(C)N1CCCC1. The molecule has 2 fully saturated rings. The number of methoxy groups -OCH3 is 1. The number of hydrogen-bond acceptors (Lipinski definition) is 7. The van der Waals surface area contributed by atoms with E-state index in [-0.39, 0.29) is 40.6 Å². The van der Waals surface area contributed by atoms with E-state index in [4.69, 9.17) is 4.74 Å². The molecule has 1 N–H and O–H groups in total. The van der Waals surface area contributed by atoms with Gasteiger partial charge in [-0.2, -0.15) is 0 Å². The first-order valence-electron chi connectivity index (χ1n) is 9.46. The summed E-state index contributed by atoms with van der Waals surface area (Å²) in [4.78, 5) is 14.1. The van der Waals surface area contributed by atoms with Crippen LogP contribution in [0.4, 0.5) is 5.69 Å². The fourth-order valence-electron chi connectivity index (χ4n) is 3.65. The molecule has 2 saturated heterocycles. The summed E-state index contributed by atoms with van der Waals surface area (Å²) in [5.41, 5.74) is -0.379. The van der Waals surface area contributed by atoms with E-state index >= 15 is 0 Å². The lowest BCUT2D eigenvalue weighted by atomic mass is 10.0. The maximum Gasteiger partial charge on any atom is 0.244 e. The van der Waals surface area contributed by atoms with Gasteiger partial charge in [0.1, 0.15) is 10.6 Å². The number of amides is 1. The maximum atomic E-state index is 13.0. The molecule has 2 aliphatic rings. The Balaban J connectivity index is 1.90. The van der Waals surface area contributed by atoms with Gasteiger partial charge in [-0.15, -0.1) is 0 Å². The van der Waals surface area contributed by atoms with E-state index in [1.165, 1.54) is 25.3 Å². The number of carbonyl (C=O) groups excluding carboxylic acids is 1. The molecular formula is C18H27N3O6S2. The number of benzene rings is 1. The van der Waals surface area contributed by atoms with Crippen molar-refractivity contribution < 1.29 is 26.4 Å². The standard InChI is InChI=1S/C18H27N3O6S2/c1-18(2,20-9-4-5-10-20)13-19-29(25,26)16-12-14(6-7-15(16)27-3)21-17(22)8-11-28(21,23)24/h6-7,12,19H,4-5,8-11,13H2,1-3H3. The van der Waals surface area contributed by atoms with Gasteiger partial charge in [0, 0.05) is 18.5 Å². The van der Waals surface area contributed by atoms with Gasteiger partial charge in [0.05, 0.1) is 18.6 Å². The highest BCUT2D eigenvalue weighted by molar-refractivity contribution is 7.94. The van der Waals surface area contributed by atoms with Crippen LogP contribution in [0.5, 0.6) is 5.75 Å². The molecule has 2 aliphatic heterocycles. The average Bonchev–Trinajstić information content (AvgIpc) is 3.29. The zero-order chi connectivity index (χ0) is 21.4. The lowest BCUT2D eigenvalue weighted by molar-refractivity contribution is -0.116. The van der Waals surface area contributed by atoms with Crippen molar-refractivity contribution >= 4 is 31.6 Å². The molecule has 0 bridgehead atoms. The Morgan fingerprint density at radius 1 is 1.21 bits per heavy atom. The smallest absolute Gasteiger partial charge is 0.244 e. The Kier molecular flexibility index (Phi) is 5.96.